The molecule has 1 aromatic rings. The van der Waals surface area contributed by atoms with Crippen LogP contribution in [0, 0.1) is 11.3 Å². The van der Waals surface area contributed by atoms with Gasteiger partial charge in [-0.15, -0.1) is 0 Å². The normalized spacial score (nSPS) is 13.7. The van der Waals surface area contributed by atoms with Gasteiger partial charge in [-0.2, -0.15) is 5.26 Å². The van der Waals surface area contributed by atoms with Gasteiger partial charge in [0.2, 0.25) is 9.84 Å². The van der Waals surface area contributed by atoms with E-state index in [1.165, 1.54) is 44.2 Å². The van der Waals surface area contributed by atoms with Gasteiger partial charge in [0, 0.05) is 11.5 Å². The Bertz CT molecular complexity index is 935. The van der Waals surface area contributed by atoms with Crippen molar-refractivity contribution in [2.75, 3.05) is 11.5 Å². The summed E-state index contributed by atoms with van der Waals surface area (Å²) in [5.74, 6) is -1.00. The van der Waals surface area contributed by atoms with Crippen LogP contribution >= 0.6 is 0 Å². The minimum atomic E-state index is -4.31. The fourth-order valence-electron chi connectivity index (χ4n) is 1.80. The summed E-state index contributed by atoms with van der Waals surface area (Å²) in [5, 5.41) is 9.16. The third-order valence-corrected chi connectivity index (χ3v) is 10.0. The third-order valence-electron chi connectivity index (χ3n) is 3.25. The van der Waals surface area contributed by atoms with Crippen molar-refractivity contribution in [3.63, 3.8) is 0 Å². The molecule has 0 N–H and O–H groups in total. The molecule has 0 heterocycles. The first-order chi connectivity index (χ1) is 11.0. The van der Waals surface area contributed by atoms with Gasteiger partial charge in [-0.25, -0.2) is 25.3 Å². The lowest BCUT2D eigenvalue weighted by Crippen LogP contribution is -2.32. The molecular weight excluding hydrogens is 374 g/mol. The molecule has 1 rings (SSSR count). The molecule has 1 aromatic carbocycles. The average molecular weight is 391 g/mol. The third kappa shape index (κ3) is 4.23. The lowest BCUT2D eigenvalue weighted by atomic mass is 10.4. The zero-order chi connectivity index (χ0) is 18.6. The molecule has 24 heavy (non-hydrogen) atoms. The molecule has 0 radical (unpaired) electrons. The monoisotopic (exact) mass is 391 g/mol. The lowest BCUT2D eigenvalue weighted by molar-refractivity contribution is 0.583. The van der Waals surface area contributed by atoms with Gasteiger partial charge in [-0.05, 0) is 18.2 Å². The highest BCUT2D eigenvalue weighted by Crippen LogP contribution is 2.23. The van der Waals surface area contributed by atoms with Crippen LogP contribution in [0.3, 0.4) is 0 Å². The molecule has 7 nitrogen and oxygen atoms in total. The summed E-state index contributed by atoms with van der Waals surface area (Å²) in [6.07, 6.45) is 0.514. The van der Waals surface area contributed by atoms with E-state index in [0.29, 0.717) is 6.08 Å². The molecule has 0 atom stereocenters. The van der Waals surface area contributed by atoms with E-state index in [1.54, 1.807) is 6.07 Å². The summed E-state index contributed by atoms with van der Waals surface area (Å²) in [4.78, 5) is -1.13. The van der Waals surface area contributed by atoms with Crippen LogP contribution in [0.2, 0.25) is 0 Å². The van der Waals surface area contributed by atoms with E-state index in [0.717, 1.165) is 0 Å². The minimum Gasteiger partial charge on any atom is -0.227 e. The van der Waals surface area contributed by atoms with Crippen LogP contribution in [0.5, 0.6) is 0 Å². The Balaban J connectivity index is 3.65. The Morgan fingerprint density at radius 2 is 1.46 bits per heavy atom. The minimum absolute atomic E-state index is 0.223. The Hall–Kier alpha value is -1.70. The number of rotatable bonds is 7. The summed E-state index contributed by atoms with van der Waals surface area (Å²) < 4.78 is 71.2. The average Bonchev–Trinajstić information content (AvgIpc) is 2.55. The van der Waals surface area contributed by atoms with E-state index < -0.39 is 50.5 Å². The Morgan fingerprint density at radius 1 is 1.00 bits per heavy atom. The molecular formula is C14H17NO6S3. The summed E-state index contributed by atoms with van der Waals surface area (Å²) in [5.41, 5.74) is 0. The molecule has 0 unspecified atom stereocenters. The van der Waals surface area contributed by atoms with Crippen LogP contribution in [0.25, 0.3) is 0 Å². The molecule has 0 aliphatic heterocycles. The summed E-state index contributed by atoms with van der Waals surface area (Å²) in [7, 11) is -12.6. The predicted molar refractivity (Wildman–Crippen MR) is 90.0 cm³/mol. The van der Waals surface area contributed by atoms with Crippen LogP contribution in [-0.2, 0) is 29.5 Å². The smallest absolute Gasteiger partial charge is 0.216 e. The molecule has 0 aromatic heterocycles. The first-order valence-electron chi connectivity index (χ1n) is 6.88. The number of hydrogen-bond acceptors (Lipinski definition) is 7. The van der Waals surface area contributed by atoms with Gasteiger partial charge in [-0.3, -0.25) is 0 Å². The molecule has 0 fully saturated rings. The molecule has 0 aliphatic carbocycles. The maximum atomic E-state index is 12.4. The maximum absolute atomic E-state index is 12.4. The fourth-order valence-corrected chi connectivity index (χ4v) is 7.12. The van der Waals surface area contributed by atoms with Crippen molar-refractivity contribution in [1.29, 1.82) is 5.26 Å². The highest BCUT2D eigenvalue weighted by atomic mass is 32.3. The number of hydrogen-bond donors (Lipinski definition) is 0. The number of nitrogens with zero attached hydrogens (tertiary/aromatic N) is 1. The number of allylic oxidation sites excluding steroid dienone is 1. The van der Waals surface area contributed by atoms with Gasteiger partial charge < -0.3 is 0 Å². The molecule has 0 amide bonds. The van der Waals surface area contributed by atoms with Crippen molar-refractivity contribution in [1.82, 2.24) is 0 Å². The van der Waals surface area contributed by atoms with Gasteiger partial charge in [0.15, 0.2) is 24.3 Å². The van der Waals surface area contributed by atoms with E-state index >= 15 is 0 Å². The summed E-state index contributed by atoms with van der Waals surface area (Å²) >= 11 is 0. The molecule has 10 heteroatoms. The Morgan fingerprint density at radius 3 is 1.83 bits per heavy atom. The van der Waals surface area contributed by atoms with E-state index in [4.69, 9.17) is 5.26 Å². The largest absolute Gasteiger partial charge is 0.227 e. The standard InChI is InChI=1S/C14H17NO6S3/c1-3-22(16,17)14(23(18,19)4-2)10-13(11-15)24(20,21)12-8-6-5-7-9-12/h5-10,14H,3-4H2,1-2H3/b13-10+. The van der Waals surface area contributed by atoms with E-state index in [2.05, 4.69) is 0 Å². The summed E-state index contributed by atoms with van der Waals surface area (Å²) in [6, 6.07) is 8.32. The Labute approximate surface area is 142 Å². The van der Waals surface area contributed by atoms with Crippen LogP contribution < -0.4 is 0 Å². The number of sulfone groups is 3. The van der Waals surface area contributed by atoms with Gasteiger partial charge in [0.05, 0.1) is 4.90 Å². The highest BCUT2D eigenvalue weighted by molar-refractivity contribution is 8.09. The molecule has 0 aliphatic rings. The van der Waals surface area contributed by atoms with Gasteiger partial charge in [0.1, 0.15) is 11.0 Å². The van der Waals surface area contributed by atoms with Gasteiger partial charge in [-0.1, -0.05) is 32.0 Å². The van der Waals surface area contributed by atoms with Crippen molar-refractivity contribution in [3.8, 4) is 6.07 Å². The lowest BCUT2D eigenvalue weighted by Gasteiger charge is -2.13. The van der Waals surface area contributed by atoms with Crippen molar-refractivity contribution in [2.24, 2.45) is 0 Å². The van der Waals surface area contributed by atoms with E-state index in [1.807, 2.05) is 0 Å². The van der Waals surface area contributed by atoms with Gasteiger partial charge >= 0.3 is 0 Å². The zero-order valence-corrected chi connectivity index (χ0v) is 15.5. The van der Waals surface area contributed by atoms with Crippen LogP contribution in [0.15, 0.2) is 46.2 Å². The summed E-state index contributed by atoms with van der Waals surface area (Å²) in [6.45, 7) is 2.50. The van der Waals surface area contributed by atoms with Crippen LogP contribution in [0.4, 0.5) is 0 Å². The first kappa shape index (κ1) is 20.3. The van der Waals surface area contributed by atoms with Crippen molar-refractivity contribution in [2.45, 2.75) is 23.3 Å². The second-order valence-corrected chi connectivity index (χ2v) is 11.8. The molecule has 0 saturated carbocycles. The van der Waals surface area contributed by atoms with Crippen LogP contribution in [-0.4, -0.2) is 41.3 Å². The maximum Gasteiger partial charge on any atom is 0.216 e. The van der Waals surface area contributed by atoms with Crippen LogP contribution in [0.1, 0.15) is 13.8 Å². The quantitative estimate of drug-likeness (QED) is 0.636. The Kier molecular flexibility index (Phi) is 6.32. The molecule has 132 valence electrons. The molecule has 0 spiro atoms. The highest BCUT2D eigenvalue weighted by Gasteiger charge is 2.36. The second kappa shape index (κ2) is 7.46. The zero-order valence-electron chi connectivity index (χ0n) is 13.1. The second-order valence-electron chi connectivity index (χ2n) is 4.73. The molecule has 0 bridgehead atoms. The number of benzene rings is 1. The van der Waals surface area contributed by atoms with Crippen molar-refractivity contribution >= 4 is 29.5 Å². The predicted octanol–water partition coefficient (Wildman–Crippen LogP) is 1.06. The molecule has 0 saturated heterocycles. The van der Waals surface area contributed by atoms with Crippen molar-refractivity contribution in [3.05, 3.63) is 41.3 Å². The van der Waals surface area contributed by atoms with Gasteiger partial charge in [0.25, 0.3) is 0 Å². The van der Waals surface area contributed by atoms with Crippen molar-refractivity contribution < 1.29 is 25.3 Å². The fraction of sp³-hybridized carbons (Fsp3) is 0.357. The first-order valence-corrected chi connectivity index (χ1v) is 11.8. The topological polar surface area (TPSA) is 126 Å². The van der Waals surface area contributed by atoms with E-state index in [-0.39, 0.29) is 4.90 Å². The number of nitriles is 1. The van der Waals surface area contributed by atoms with E-state index in [9.17, 15) is 25.3 Å². The SMILES string of the molecule is CCS(=O)(=O)C(/C=C(\C#N)S(=O)(=O)c1ccccc1)S(=O)(=O)CC.